The molecule has 0 fully saturated rings. The van der Waals surface area contributed by atoms with Gasteiger partial charge in [-0.2, -0.15) is 7.82 Å². The maximum absolute atomic E-state index is 8.55. The summed E-state index contributed by atoms with van der Waals surface area (Å²) < 4.78 is 8.55. The Morgan fingerprint density at radius 3 is 1.14 bits per heavy atom. The maximum Gasteiger partial charge on any atom is 3.00 e. The first-order chi connectivity index (χ1) is 2.00. The first-order valence-electron chi connectivity index (χ1n) is 0.730. The van der Waals surface area contributed by atoms with Crippen molar-refractivity contribution < 1.29 is 41.6 Å². The molecule has 7 heavy (non-hydrogen) atoms. The molecule has 7 heteroatoms. The average Bonchev–Trinajstić information content (AvgIpc) is 0.722. The van der Waals surface area contributed by atoms with Crippen molar-refractivity contribution in [2.24, 2.45) is 0 Å². The minimum atomic E-state index is -5.39. The van der Waals surface area contributed by atoms with E-state index in [1.165, 1.54) is 0 Å². The number of rotatable bonds is 0. The monoisotopic (exact) mass is 229 g/mol. The minimum absolute atomic E-state index is 0. The molecule has 0 radical (unpaired) electrons. The second-order valence-electron chi connectivity index (χ2n) is 0.447. The molecule has 42 valence electrons. The summed E-state index contributed by atoms with van der Waals surface area (Å²) in [5.41, 5.74) is 0. The van der Waals surface area contributed by atoms with Crippen molar-refractivity contribution in [3.05, 3.63) is 0 Å². The number of hydrogen-bond donors (Lipinski definition) is 0. The molecule has 0 aliphatic carbocycles. The van der Waals surface area contributed by atoms with Crippen LogP contribution < -0.4 is 14.7 Å². The van der Waals surface area contributed by atoms with Crippen molar-refractivity contribution in [3.63, 3.8) is 0 Å². The molecule has 4 nitrogen and oxygen atoms in total. The minimum Gasteiger partial charge on any atom is -0.822 e. The Bertz CT molecular complexity index is 57.8. The molecule has 0 bridgehead atoms. The van der Waals surface area contributed by atoms with Crippen LogP contribution in [-0.2, 0) is 26.9 Å². The zero-order valence-electron chi connectivity index (χ0n) is 2.96. The summed E-state index contributed by atoms with van der Waals surface area (Å²) in [6.07, 6.45) is 0. The zero-order chi connectivity index (χ0) is 4.50. The molecule has 0 heterocycles. The van der Waals surface area contributed by atoms with Crippen LogP contribution in [0.2, 0.25) is 0 Å². The first-order valence-corrected chi connectivity index (χ1v) is 2.19. The Balaban J connectivity index is -0.0000000800. The molecule has 0 atom stereocenters. The molecule has 0 saturated carbocycles. The summed E-state index contributed by atoms with van der Waals surface area (Å²) >= 11 is 0. The topological polar surface area (TPSA) is 86.2 Å². The van der Waals surface area contributed by atoms with Crippen LogP contribution in [0.25, 0.3) is 0 Å². The van der Waals surface area contributed by atoms with Crippen LogP contribution in [0.4, 0.5) is 0 Å². The van der Waals surface area contributed by atoms with Crippen molar-refractivity contribution in [2.75, 3.05) is 0 Å². The SMILES string of the molecule is O=P([O-])([O-])[O-].[Ag+].[Al+3]. The van der Waals surface area contributed by atoms with Crippen LogP contribution >= 0.6 is 7.82 Å². The van der Waals surface area contributed by atoms with Crippen LogP contribution in [0.5, 0.6) is 0 Å². The van der Waals surface area contributed by atoms with Crippen LogP contribution in [0.15, 0.2) is 0 Å². The van der Waals surface area contributed by atoms with Crippen molar-refractivity contribution in [2.45, 2.75) is 0 Å². The molecule has 0 amide bonds. The van der Waals surface area contributed by atoms with E-state index in [1.807, 2.05) is 0 Å². The Hall–Kier alpha value is 1.38. The molecular weight excluding hydrogens is 230 g/mol. The van der Waals surface area contributed by atoms with Gasteiger partial charge in [0, 0.05) is 0 Å². The quantitative estimate of drug-likeness (QED) is 0.323. The van der Waals surface area contributed by atoms with Gasteiger partial charge in [0.15, 0.2) is 0 Å². The van der Waals surface area contributed by atoms with Crippen LogP contribution in [0, 0.1) is 0 Å². The van der Waals surface area contributed by atoms with Crippen molar-refractivity contribution in [1.82, 2.24) is 0 Å². The van der Waals surface area contributed by atoms with Gasteiger partial charge < -0.3 is 19.2 Å². The van der Waals surface area contributed by atoms with Gasteiger partial charge in [-0.3, -0.25) is 0 Å². The molecule has 0 N–H and O–H groups in total. The Kier molecular flexibility index (Phi) is 12.4. The number of phosphoric acid groups is 1. The van der Waals surface area contributed by atoms with Crippen molar-refractivity contribution in [3.8, 4) is 0 Å². The van der Waals surface area contributed by atoms with Crippen LogP contribution in [0.1, 0.15) is 0 Å². The van der Waals surface area contributed by atoms with Crippen LogP contribution in [-0.4, -0.2) is 17.4 Å². The van der Waals surface area contributed by atoms with E-state index in [9.17, 15) is 0 Å². The molecule has 0 spiro atoms. The van der Waals surface area contributed by atoms with Gasteiger partial charge in [-0.05, 0) is 0 Å². The van der Waals surface area contributed by atoms with E-state index in [0.29, 0.717) is 0 Å². The largest absolute Gasteiger partial charge is 3.00 e. The van der Waals surface area contributed by atoms with E-state index >= 15 is 0 Å². The summed E-state index contributed by atoms with van der Waals surface area (Å²) in [6.45, 7) is 0. The molecule has 0 aliphatic heterocycles. The van der Waals surface area contributed by atoms with Gasteiger partial charge in [-0.1, -0.05) is 0 Å². The summed E-state index contributed by atoms with van der Waals surface area (Å²) in [5.74, 6) is 0. The second-order valence-corrected chi connectivity index (χ2v) is 1.34. The first kappa shape index (κ1) is 15.8. The van der Waals surface area contributed by atoms with E-state index in [1.54, 1.807) is 0 Å². The summed E-state index contributed by atoms with van der Waals surface area (Å²) in [7, 11) is -5.39. The summed E-state index contributed by atoms with van der Waals surface area (Å²) in [5, 5.41) is 0. The normalized spacial score (nSPS) is 8.43. The predicted molar refractivity (Wildman–Crippen MR) is 13.4 cm³/mol. The van der Waals surface area contributed by atoms with E-state index in [2.05, 4.69) is 0 Å². The van der Waals surface area contributed by atoms with Gasteiger partial charge >= 0.3 is 39.7 Å². The Morgan fingerprint density at radius 1 is 1.14 bits per heavy atom. The summed E-state index contributed by atoms with van der Waals surface area (Å²) in [4.78, 5) is 25.6. The fourth-order valence-corrected chi connectivity index (χ4v) is 0. The molecule has 0 aromatic rings. The van der Waals surface area contributed by atoms with Gasteiger partial charge in [-0.15, -0.1) is 0 Å². The second kappa shape index (κ2) is 5.52. The molecular formula is AgAlO4P+. The van der Waals surface area contributed by atoms with E-state index in [-0.39, 0.29) is 39.7 Å². The molecule has 0 aromatic carbocycles. The standard InChI is InChI=1S/Ag.Al.H3O4P/c;;1-5(2,3)4/h;;(H3,1,2,3,4)/q+1;+3;/p-3. The van der Waals surface area contributed by atoms with Gasteiger partial charge in [0.1, 0.15) is 0 Å². The maximum atomic E-state index is 8.55. The fraction of sp³-hybridized carbons (Fsp3) is 0. The van der Waals surface area contributed by atoms with Crippen molar-refractivity contribution >= 4 is 25.2 Å². The molecule has 0 aromatic heterocycles. The van der Waals surface area contributed by atoms with Crippen molar-refractivity contribution in [1.29, 1.82) is 0 Å². The smallest absolute Gasteiger partial charge is 0.822 e. The van der Waals surface area contributed by atoms with E-state index in [0.717, 1.165) is 0 Å². The number of hydrogen-bond acceptors (Lipinski definition) is 4. The van der Waals surface area contributed by atoms with E-state index in [4.69, 9.17) is 19.2 Å². The summed E-state index contributed by atoms with van der Waals surface area (Å²) in [6, 6.07) is 0. The average molecular weight is 230 g/mol. The van der Waals surface area contributed by atoms with Crippen LogP contribution in [0.3, 0.4) is 0 Å². The van der Waals surface area contributed by atoms with Gasteiger partial charge in [0.05, 0.1) is 0 Å². The molecule has 0 saturated heterocycles. The zero-order valence-corrected chi connectivity index (χ0v) is 6.49. The molecule has 0 unspecified atom stereocenters. The van der Waals surface area contributed by atoms with Gasteiger partial charge in [0.25, 0.3) is 0 Å². The van der Waals surface area contributed by atoms with Gasteiger partial charge in [0.2, 0.25) is 0 Å². The van der Waals surface area contributed by atoms with E-state index < -0.39 is 7.82 Å². The van der Waals surface area contributed by atoms with Gasteiger partial charge in [-0.25, -0.2) is 0 Å². The fourth-order valence-electron chi connectivity index (χ4n) is 0. The molecule has 0 rings (SSSR count). The molecule has 0 aliphatic rings. The third-order valence-corrected chi connectivity index (χ3v) is 0. The predicted octanol–water partition coefficient (Wildman–Crippen LogP) is -3.21. The Labute approximate surface area is 66.8 Å². The Morgan fingerprint density at radius 2 is 1.14 bits per heavy atom. The third kappa shape index (κ3) is 112. The third-order valence-electron chi connectivity index (χ3n) is 0.